The summed E-state index contributed by atoms with van der Waals surface area (Å²) in [6.07, 6.45) is 8.23. The Morgan fingerprint density at radius 1 is 1.28 bits per heavy atom. The van der Waals surface area contributed by atoms with Crippen LogP contribution in [0.4, 0.5) is 0 Å². The molecule has 3 heteroatoms. The van der Waals surface area contributed by atoms with Crippen LogP contribution in [-0.2, 0) is 6.42 Å². The van der Waals surface area contributed by atoms with Gasteiger partial charge in [0.25, 0.3) is 0 Å². The Bertz CT molecular complexity index is 373. The molecule has 0 saturated heterocycles. The fourth-order valence-corrected chi connectivity index (χ4v) is 2.03. The zero-order chi connectivity index (χ0) is 13.2. The van der Waals surface area contributed by atoms with Crippen LogP contribution in [0, 0.1) is 16.0 Å². The van der Waals surface area contributed by atoms with E-state index in [0.717, 1.165) is 25.5 Å². The van der Waals surface area contributed by atoms with Crippen molar-refractivity contribution in [1.82, 2.24) is 0 Å². The lowest BCUT2D eigenvalue weighted by molar-refractivity contribution is -0.402. The quantitative estimate of drug-likeness (QED) is 0.392. The average molecular weight is 247 g/mol. The van der Waals surface area contributed by atoms with E-state index >= 15 is 0 Å². The zero-order valence-electron chi connectivity index (χ0n) is 10.9. The van der Waals surface area contributed by atoms with E-state index in [1.165, 1.54) is 18.4 Å². The fourth-order valence-electron chi connectivity index (χ4n) is 2.03. The van der Waals surface area contributed by atoms with Gasteiger partial charge in [-0.15, -0.1) is 0 Å². The second-order valence-corrected chi connectivity index (χ2v) is 4.57. The summed E-state index contributed by atoms with van der Waals surface area (Å²) in [7, 11) is 0. The molecule has 1 aromatic rings. The van der Waals surface area contributed by atoms with Crippen molar-refractivity contribution >= 4 is 0 Å². The Hall–Kier alpha value is -1.64. The third kappa shape index (κ3) is 6.18. The normalized spacial score (nSPS) is 12.7. The van der Waals surface area contributed by atoms with Gasteiger partial charge in [-0.05, 0) is 30.4 Å². The number of allylic oxidation sites excluding steroid dienone is 1. The molecule has 0 fully saturated rings. The lowest BCUT2D eigenvalue weighted by Crippen LogP contribution is -2.02. The molecule has 1 unspecified atom stereocenters. The van der Waals surface area contributed by atoms with Crippen LogP contribution in [0.1, 0.15) is 38.2 Å². The minimum atomic E-state index is -0.377. The first kappa shape index (κ1) is 14.4. The maximum atomic E-state index is 10.4. The van der Waals surface area contributed by atoms with E-state index in [0.29, 0.717) is 0 Å². The summed E-state index contributed by atoms with van der Waals surface area (Å²) in [6.45, 7) is 2.17. The molecule has 0 aliphatic carbocycles. The van der Waals surface area contributed by atoms with E-state index in [1.54, 1.807) is 6.08 Å². The number of hydrogen-bond donors (Lipinski definition) is 0. The Morgan fingerprint density at radius 3 is 2.61 bits per heavy atom. The van der Waals surface area contributed by atoms with Crippen LogP contribution in [0.15, 0.2) is 42.6 Å². The predicted octanol–water partition coefficient (Wildman–Crippen LogP) is 4.22. The van der Waals surface area contributed by atoms with Crippen LogP contribution in [0.5, 0.6) is 0 Å². The summed E-state index contributed by atoms with van der Waals surface area (Å²) in [6, 6.07) is 10.2. The summed E-state index contributed by atoms with van der Waals surface area (Å²) < 4.78 is 0. The van der Waals surface area contributed by atoms with Crippen molar-refractivity contribution in [2.24, 2.45) is 5.92 Å². The number of nitrogens with zero attached hydrogens (tertiary/aromatic N) is 1. The molecule has 0 spiro atoms. The Balaban J connectivity index is 2.56. The molecule has 0 aliphatic heterocycles. The Kier molecular flexibility index (Phi) is 6.77. The second-order valence-electron chi connectivity index (χ2n) is 4.57. The lowest BCUT2D eigenvalue weighted by Gasteiger charge is -2.11. The van der Waals surface area contributed by atoms with Crippen LogP contribution in [0.3, 0.4) is 0 Å². The highest BCUT2D eigenvalue weighted by Gasteiger charge is 2.07. The number of hydrogen-bond acceptors (Lipinski definition) is 2. The molecule has 0 amide bonds. The first-order chi connectivity index (χ1) is 8.72. The van der Waals surface area contributed by atoms with Gasteiger partial charge in [0, 0.05) is 0 Å². The van der Waals surface area contributed by atoms with Crippen molar-refractivity contribution in [3.8, 4) is 0 Å². The average Bonchev–Trinajstić information content (AvgIpc) is 2.37. The number of unbranched alkanes of at least 4 members (excludes halogenated alkanes) is 2. The third-order valence-corrected chi connectivity index (χ3v) is 3.00. The Morgan fingerprint density at radius 2 is 2.00 bits per heavy atom. The first-order valence-electron chi connectivity index (χ1n) is 6.58. The maximum Gasteiger partial charge on any atom is 0.230 e. The molecule has 0 bridgehead atoms. The zero-order valence-corrected chi connectivity index (χ0v) is 10.9. The molecule has 0 radical (unpaired) electrons. The van der Waals surface area contributed by atoms with Crippen molar-refractivity contribution in [2.45, 2.75) is 39.0 Å². The van der Waals surface area contributed by atoms with E-state index in [1.807, 2.05) is 18.2 Å². The van der Waals surface area contributed by atoms with Crippen LogP contribution in [0.2, 0.25) is 0 Å². The van der Waals surface area contributed by atoms with Crippen LogP contribution < -0.4 is 0 Å². The number of nitro groups is 1. The third-order valence-electron chi connectivity index (χ3n) is 3.00. The van der Waals surface area contributed by atoms with Gasteiger partial charge in [-0.2, -0.15) is 0 Å². The molecular weight excluding hydrogens is 226 g/mol. The molecule has 1 rings (SSSR count). The smallest absolute Gasteiger partial charge is 0.230 e. The highest BCUT2D eigenvalue weighted by molar-refractivity contribution is 5.16. The molecule has 1 aromatic carbocycles. The molecule has 0 heterocycles. The van der Waals surface area contributed by atoms with Crippen molar-refractivity contribution in [3.05, 3.63) is 58.3 Å². The molecule has 98 valence electrons. The van der Waals surface area contributed by atoms with Crippen molar-refractivity contribution in [2.75, 3.05) is 0 Å². The number of benzene rings is 1. The lowest BCUT2D eigenvalue weighted by atomic mass is 9.94. The molecule has 0 saturated carbocycles. The van der Waals surface area contributed by atoms with E-state index in [9.17, 15) is 10.1 Å². The maximum absolute atomic E-state index is 10.4. The van der Waals surface area contributed by atoms with Crippen molar-refractivity contribution in [1.29, 1.82) is 0 Å². The summed E-state index contributed by atoms with van der Waals surface area (Å²) in [5.74, 6) is 0.268. The summed E-state index contributed by atoms with van der Waals surface area (Å²) >= 11 is 0. The molecule has 0 aromatic heterocycles. The summed E-state index contributed by atoms with van der Waals surface area (Å²) in [5.41, 5.74) is 1.24. The van der Waals surface area contributed by atoms with Crippen molar-refractivity contribution in [3.63, 3.8) is 0 Å². The van der Waals surface area contributed by atoms with Gasteiger partial charge in [0.05, 0.1) is 4.92 Å². The molecule has 3 nitrogen and oxygen atoms in total. The van der Waals surface area contributed by atoms with E-state index in [-0.39, 0.29) is 10.8 Å². The van der Waals surface area contributed by atoms with E-state index < -0.39 is 0 Å². The van der Waals surface area contributed by atoms with Gasteiger partial charge in [-0.1, -0.05) is 56.5 Å². The van der Waals surface area contributed by atoms with Gasteiger partial charge < -0.3 is 0 Å². The highest BCUT2D eigenvalue weighted by Crippen LogP contribution is 2.17. The molecule has 18 heavy (non-hydrogen) atoms. The topological polar surface area (TPSA) is 43.1 Å². The SMILES string of the molecule is CCCCCC(/C=C/[N+](=O)[O-])Cc1ccccc1. The number of rotatable bonds is 8. The molecule has 1 atom stereocenters. The van der Waals surface area contributed by atoms with Crippen LogP contribution in [0.25, 0.3) is 0 Å². The Labute approximate surface area is 109 Å². The first-order valence-corrected chi connectivity index (χ1v) is 6.58. The fraction of sp³-hybridized carbons (Fsp3) is 0.467. The minimum Gasteiger partial charge on any atom is -0.259 e. The van der Waals surface area contributed by atoms with Crippen LogP contribution >= 0.6 is 0 Å². The largest absolute Gasteiger partial charge is 0.259 e. The predicted molar refractivity (Wildman–Crippen MR) is 73.9 cm³/mol. The van der Waals surface area contributed by atoms with Gasteiger partial charge in [0.15, 0.2) is 0 Å². The second kappa shape index (κ2) is 8.45. The van der Waals surface area contributed by atoms with Gasteiger partial charge >= 0.3 is 0 Å². The molecule has 0 N–H and O–H groups in total. The van der Waals surface area contributed by atoms with Gasteiger partial charge in [0.1, 0.15) is 0 Å². The minimum absolute atomic E-state index is 0.268. The van der Waals surface area contributed by atoms with Crippen molar-refractivity contribution < 1.29 is 4.92 Å². The van der Waals surface area contributed by atoms with Crippen LogP contribution in [-0.4, -0.2) is 4.92 Å². The van der Waals surface area contributed by atoms with E-state index in [2.05, 4.69) is 19.1 Å². The molecular formula is C15H21NO2. The van der Waals surface area contributed by atoms with Gasteiger partial charge in [-0.3, -0.25) is 10.1 Å². The summed E-state index contributed by atoms with van der Waals surface area (Å²) in [4.78, 5) is 10.0. The standard InChI is InChI=1S/C15H21NO2/c1-2-3-5-8-15(11-12-16(17)18)13-14-9-6-4-7-10-14/h4,6-7,9-12,15H,2-3,5,8,13H2,1H3/b12-11+. The van der Waals surface area contributed by atoms with E-state index in [4.69, 9.17) is 0 Å². The van der Waals surface area contributed by atoms with Gasteiger partial charge in [0.2, 0.25) is 6.20 Å². The van der Waals surface area contributed by atoms with Gasteiger partial charge in [-0.25, -0.2) is 0 Å². The summed E-state index contributed by atoms with van der Waals surface area (Å²) in [5, 5.41) is 10.4. The molecule has 0 aliphatic rings. The highest BCUT2D eigenvalue weighted by atomic mass is 16.6. The monoisotopic (exact) mass is 247 g/mol.